The van der Waals surface area contributed by atoms with Gasteiger partial charge in [-0.05, 0) is 12.1 Å². The van der Waals surface area contributed by atoms with Gasteiger partial charge < -0.3 is 9.84 Å². The van der Waals surface area contributed by atoms with Crippen molar-refractivity contribution in [1.29, 1.82) is 0 Å². The maximum Gasteiger partial charge on any atom is 0.129 e. The van der Waals surface area contributed by atoms with Crippen molar-refractivity contribution >= 4 is 11.8 Å². The third-order valence-electron chi connectivity index (χ3n) is 2.34. The Bertz CT molecular complexity index is 354. The number of thioether (sulfide) groups is 1. The van der Waals surface area contributed by atoms with E-state index in [1.54, 1.807) is 24.9 Å². The van der Waals surface area contributed by atoms with Crippen LogP contribution in [0.3, 0.4) is 0 Å². The highest BCUT2D eigenvalue weighted by Gasteiger charge is 2.24. The molecule has 14 heavy (non-hydrogen) atoms. The van der Waals surface area contributed by atoms with Crippen molar-refractivity contribution in [1.82, 2.24) is 0 Å². The van der Waals surface area contributed by atoms with Crippen LogP contribution in [-0.2, 0) is 5.75 Å². The zero-order valence-electron chi connectivity index (χ0n) is 7.79. The van der Waals surface area contributed by atoms with Crippen molar-refractivity contribution in [3.63, 3.8) is 0 Å². The summed E-state index contributed by atoms with van der Waals surface area (Å²) in [4.78, 5) is 0. The predicted molar refractivity (Wildman–Crippen MR) is 54.1 cm³/mol. The Labute approximate surface area is 86.1 Å². The van der Waals surface area contributed by atoms with Crippen LogP contribution < -0.4 is 4.74 Å². The third-order valence-corrected chi connectivity index (χ3v) is 3.38. The van der Waals surface area contributed by atoms with Crippen LogP contribution in [0.4, 0.5) is 4.39 Å². The molecule has 1 aromatic carbocycles. The minimum atomic E-state index is -0.709. The van der Waals surface area contributed by atoms with Crippen molar-refractivity contribution in [2.24, 2.45) is 0 Å². The van der Waals surface area contributed by atoms with Crippen LogP contribution >= 0.6 is 11.8 Å². The molecule has 0 spiro atoms. The number of halogens is 1. The van der Waals surface area contributed by atoms with Crippen LogP contribution in [0, 0.1) is 5.82 Å². The van der Waals surface area contributed by atoms with Gasteiger partial charge in [-0.25, -0.2) is 4.39 Å². The van der Waals surface area contributed by atoms with Crippen LogP contribution in [-0.4, -0.2) is 18.0 Å². The molecular formula is C10H11FO2S. The molecule has 0 amide bonds. The van der Waals surface area contributed by atoms with E-state index in [0.717, 1.165) is 5.56 Å². The van der Waals surface area contributed by atoms with Crippen LogP contribution in [0.1, 0.15) is 17.2 Å². The fourth-order valence-corrected chi connectivity index (χ4v) is 2.68. The van der Waals surface area contributed by atoms with Crippen LogP contribution in [0.25, 0.3) is 0 Å². The van der Waals surface area contributed by atoms with Crippen molar-refractivity contribution in [3.05, 3.63) is 29.1 Å². The Morgan fingerprint density at radius 1 is 1.57 bits per heavy atom. The van der Waals surface area contributed by atoms with E-state index < -0.39 is 6.10 Å². The molecule has 1 atom stereocenters. The molecule has 0 radical (unpaired) electrons. The van der Waals surface area contributed by atoms with E-state index in [1.807, 2.05) is 0 Å². The summed E-state index contributed by atoms with van der Waals surface area (Å²) in [6.07, 6.45) is -0.709. The summed E-state index contributed by atoms with van der Waals surface area (Å²) in [5.41, 5.74) is 1.19. The summed E-state index contributed by atoms with van der Waals surface area (Å²) in [5.74, 6) is 1.57. The van der Waals surface area contributed by atoms with Crippen molar-refractivity contribution < 1.29 is 14.2 Å². The largest absolute Gasteiger partial charge is 0.496 e. The van der Waals surface area contributed by atoms with E-state index >= 15 is 0 Å². The highest BCUT2D eigenvalue weighted by molar-refractivity contribution is 7.98. The van der Waals surface area contributed by atoms with Gasteiger partial charge >= 0.3 is 0 Å². The lowest BCUT2D eigenvalue weighted by atomic mass is 10.0. The molecule has 1 aliphatic rings. The second kappa shape index (κ2) is 3.79. The fraction of sp³-hybridized carbons (Fsp3) is 0.400. The van der Waals surface area contributed by atoms with E-state index in [1.165, 1.54) is 6.07 Å². The molecule has 76 valence electrons. The first-order valence-corrected chi connectivity index (χ1v) is 5.50. The summed E-state index contributed by atoms with van der Waals surface area (Å²) in [6.45, 7) is 0. The molecule has 0 saturated heterocycles. The zero-order chi connectivity index (χ0) is 10.1. The third kappa shape index (κ3) is 1.48. The summed E-state index contributed by atoms with van der Waals surface area (Å²) in [7, 11) is 1.55. The average Bonchev–Trinajstić information content (AvgIpc) is 2.18. The summed E-state index contributed by atoms with van der Waals surface area (Å²) in [6, 6.07) is 2.95. The Balaban J connectivity index is 2.57. The molecule has 1 aromatic rings. The first-order valence-electron chi connectivity index (χ1n) is 4.35. The molecule has 2 nitrogen and oxygen atoms in total. The normalized spacial score (nSPS) is 20.4. The lowest BCUT2D eigenvalue weighted by Crippen LogP contribution is -2.13. The smallest absolute Gasteiger partial charge is 0.129 e. The van der Waals surface area contributed by atoms with Gasteiger partial charge in [0.05, 0.1) is 13.2 Å². The van der Waals surface area contributed by atoms with Crippen molar-refractivity contribution in [2.75, 3.05) is 12.9 Å². The van der Waals surface area contributed by atoms with E-state index in [2.05, 4.69) is 0 Å². The second-order valence-electron chi connectivity index (χ2n) is 3.17. The van der Waals surface area contributed by atoms with Gasteiger partial charge in [-0.1, -0.05) is 0 Å². The number of hydrogen-bond acceptors (Lipinski definition) is 3. The quantitative estimate of drug-likeness (QED) is 0.776. The molecule has 4 heteroatoms. The lowest BCUT2D eigenvalue weighted by molar-refractivity contribution is 0.195. The van der Waals surface area contributed by atoms with Gasteiger partial charge in [0.15, 0.2) is 0 Å². The van der Waals surface area contributed by atoms with Crippen molar-refractivity contribution in [3.8, 4) is 5.75 Å². The number of ether oxygens (including phenoxy) is 1. The van der Waals surface area contributed by atoms with Gasteiger partial charge in [0.2, 0.25) is 0 Å². The monoisotopic (exact) mass is 214 g/mol. The first kappa shape index (κ1) is 9.80. The van der Waals surface area contributed by atoms with Gasteiger partial charge in [0.1, 0.15) is 11.6 Å². The van der Waals surface area contributed by atoms with Gasteiger partial charge in [-0.2, -0.15) is 11.8 Å². The topological polar surface area (TPSA) is 29.5 Å². The Kier molecular flexibility index (Phi) is 2.65. The van der Waals surface area contributed by atoms with Gasteiger partial charge in [0, 0.05) is 22.6 Å². The number of aliphatic hydroxyl groups excluding tert-OH is 1. The van der Waals surface area contributed by atoms with Gasteiger partial charge in [0.25, 0.3) is 0 Å². The summed E-state index contributed by atoms with van der Waals surface area (Å²) in [5, 5.41) is 9.65. The predicted octanol–water partition coefficient (Wildman–Crippen LogP) is 2.11. The van der Waals surface area contributed by atoms with Crippen molar-refractivity contribution in [2.45, 2.75) is 11.9 Å². The molecule has 0 bridgehead atoms. The Hall–Kier alpha value is -0.740. The van der Waals surface area contributed by atoms with Crippen LogP contribution in [0.5, 0.6) is 5.75 Å². The number of methoxy groups -OCH3 is 1. The molecule has 0 aromatic heterocycles. The van der Waals surface area contributed by atoms with E-state index in [4.69, 9.17) is 4.74 Å². The lowest BCUT2D eigenvalue weighted by Gasteiger charge is -2.23. The first-order chi connectivity index (χ1) is 6.74. The number of rotatable bonds is 1. The Morgan fingerprint density at radius 3 is 3.07 bits per heavy atom. The number of benzene rings is 1. The summed E-state index contributed by atoms with van der Waals surface area (Å²) >= 11 is 1.59. The maximum atomic E-state index is 13.4. The zero-order valence-corrected chi connectivity index (χ0v) is 8.60. The minimum absolute atomic E-state index is 0.339. The molecule has 1 heterocycles. The maximum absolute atomic E-state index is 13.4. The van der Waals surface area contributed by atoms with E-state index in [-0.39, 0.29) is 5.82 Å². The number of aliphatic hydroxyl groups is 1. The molecule has 0 unspecified atom stereocenters. The van der Waals surface area contributed by atoms with E-state index in [9.17, 15) is 9.50 Å². The highest BCUT2D eigenvalue weighted by atomic mass is 32.2. The average molecular weight is 214 g/mol. The SMILES string of the molecule is COc1ccc(F)c2c1CSC[C@@H]2O. The Morgan fingerprint density at radius 2 is 2.36 bits per heavy atom. The molecule has 2 rings (SSSR count). The summed E-state index contributed by atoms with van der Waals surface area (Å²) < 4.78 is 18.5. The molecule has 1 N–H and O–H groups in total. The number of hydrogen-bond donors (Lipinski definition) is 1. The standard InChI is InChI=1S/C10H11FO2S/c1-13-9-3-2-7(11)10-6(9)4-14-5-8(10)12/h2-3,8,12H,4-5H2,1H3/t8-/m0/s1. The molecule has 0 fully saturated rings. The molecular weight excluding hydrogens is 203 g/mol. The van der Waals surface area contributed by atoms with E-state index in [0.29, 0.717) is 22.8 Å². The minimum Gasteiger partial charge on any atom is -0.496 e. The molecule has 0 aliphatic carbocycles. The molecule has 0 saturated carbocycles. The van der Waals surface area contributed by atoms with Crippen LogP contribution in [0.15, 0.2) is 12.1 Å². The fourth-order valence-electron chi connectivity index (χ4n) is 1.67. The second-order valence-corrected chi connectivity index (χ2v) is 4.20. The molecule has 1 aliphatic heterocycles. The highest BCUT2D eigenvalue weighted by Crippen LogP contribution is 2.38. The van der Waals surface area contributed by atoms with Gasteiger partial charge in [-0.15, -0.1) is 0 Å². The number of fused-ring (bicyclic) bond motifs is 1. The van der Waals surface area contributed by atoms with Crippen LogP contribution in [0.2, 0.25) is 0 Å². The van der Waals surface area contributed by atoms with Gasteiger partial charge in [-0.3, -0.25) is 0 Å².